The van der Waals surface area contributed by atoms with E-state index in [4.69, 9.17) is 5.73 Å². The highest BCUT2D eigenvalue weighted by molar-refractivity contribution is 5.69. The number of fused-ring (bicyclic) bond motifs is 1. The van der Waals surface area contributed by atoms with Crippen LogP contribution in [-0.2, 0) is 24.9 Å². The number of rotatable bonds is 6. The van der Waals surface area contributed by atoms with Gasteiger partial charge < -0.3 is 10.8 Å². The second kappa shape index (κ2) is 8.67. The molecule has 2 atom stereocenters. The van der Waals surface area contributed by atoms with Gasteiger partial charge in [0, 0.05) is 24.2 Å². The summed E-state index contributed by atoms with van der Waals surface area (Å²) in [5, 5.41) is 14.9. The van der Waals surface area contributed by atoms with Crippen molar-refractivity contribution in [2.45, 2.75) is 37.8 Å². The van der Waals surface area contributed by atoms with Crippen LogP contribution >= 0.6 is 0 Å². The third-order valence-electron chi connectivity index (χ3n) is 5.15. The number of hydrogen-bond acceptors (Lipinski definition) is 5. The zero-order valence-corrected chi connectivity index (χ0v) is 16.4. The molecule has 31 heavy (non-hydrogen) atoms. The van der Waals surface area contributed by atoms with Gasteiger partial charge >= 0.3 is 6.18 Å². The van der Waals surface area contributed by atoms with Crippen molar-refractivity contribution in [1.29, 1.82) is 0 Å². The molecular formula is C18H20F5N7O. The first-order valence-electron chi connectivity index (χ1n) is 9.21. The summed E-state index contributed by atoms with van der Waals surface area (Å²) in [5.41, 5.74) is 2.97. The van der Waals surface area contributed by atoms with Crippen molar-refractivity contribution < 1.29 is 27.1 Å². The van der Waals surface area contributed by atoms with Crippen molar-refractivity contribution in [2.24, 2.45) is 15.7 Å². The van der Waals surface area contributed by atoms with Crippen LogP contribution in [0.5, 0.6) is 0 Å². The SMILES string of the molecule is C[C@@H](N1CCn2nc(C(F)(F)F)nc2C1)[C@](O)(CN=CN=CN)c1ccc(F)cc1F. The Hall–Kier alpha value is -2.93. The van der Waals surface area contributed by atoms with Crippen LogP contribution in [0.4, 0.5) is 22.0 Å². The van der Waals surface area contributed by atoms with Gasteiger partial charge in [0.15, 0.2) is 0 Å². The fourth-order valence-corrected chi connectivity index (χ4v) is 3.46. The number of nitrogens with zero attached hydrogens (tertiary/aromatic N) is 6. The lowest BCUT2D eigenvalue weighted by Gasteiger charge is -2.41. The molecule has 3 N–H and O–H groups in total. The van der Waals surface area contributed by atoms with E-state index in [0.717, 1.165) is 29.5 Å². The van der Waals surface area contributed by atoms with E-state index in [1.54, 1.807) is 11.8 Å². The molecule has 0 saturated heterocycles. The van der Waals surface area contributed by atoms with Crippen LogP contribution in [-0.4, -0.2) is 56.6 Å². The summed E-state index contributed by atoms with van der Waals surface area (Å²) in [6.45, 7) is 1.45. The van der Waals surface area contributed by atoms with Crippen LogP contribution in [0.1, 0.15) is 24.1 Å². The normalized spacial score (nSPS) is 18.4. The van der Waals surface area contributed by atoms with Crippen LogP contribution in [0.25, 0.3) is 0 Å². The third kappa shape index (κ3) is 4.71. The Morgan fingerprint density at radius 3 is 2.68 bits per heavy atom. The highest BCUT2D eigenvalue weighted by Crippen LogP contribution is 2.34. The summed E-state index contributed by atoms with van der Waals surface area (Å²) in [4.78, 5) is 12.7. The average Bonchev–Trinajstić information content (AvgIpc) is 3.14. The van der Waals surface area contributed by atoms with Crippen molar-refractivity contribution >= 4 is 12.7 Å². The number of hydrogen-bond donors (Lipinski definition) is 2. The minimum atomic E-state index is -4.68. The van der Waals surface area contributed by atoms with Gasteiger partial charge in [0.05, 0.1) is 26.0 Å². The van der Waals surface area contributed by atoms with Crippen LogP contribution in [0.2, 0.25) is 0 Å². The summed E-state index contributed by atoms with van der Waals surface area (Å²) in [5.74, 6) is -2.99. The predicted molar refractivity (Wildman–Crippen MR) is 101 cm³/mol. The first kappa shape index (κ1) is 22.7. The van der Waals surface area contributed by atoms with E-state index in [1.807, 2.05) is 0 Å². The van der Waals surface area contributed by atoms with Gasteiger partial charge in [0.1, 0.15) is 29.4 Å². The lowest BCUT2D eigenvalue weighted by molar-refractivity contribution is -0.145. The smallest absolute Gasteiger partial charge is 0.390 e. The minimum Gasteiger partial charge on any atom is -0.390 e. The van der Waals surface area contributed by atoms with Gasteiger partial charge in [-0.25, -0.2) is 23.4 Å². The molecule has 0 fully saturated rings. The number of aliphatic hydroxyl groups is 1. The second-order valence-corrected chi connectivity index (χ2v) is 7.02. The van der Waals surface area contributed by atoms with Gasteiger partial charge in [-0.1, -0.05) is 6.07 Å². The van der Waals surface area contributed by atoms with E-state index in [1.165, 1.54) is 0 Å². The molecule has 0 spiro atoms. The number of aliphatic imine (C=N–C) groups is 2. The summed E-state index contributed by atoms with van der Waals surface area (Å²) >= 11 is 0. The lowest BCUT2D eigenvalue weighted by atomic mass is 9.85. The molecule has 0 aliphatic carbocycles. The van der Waals surface area contributed by atoms with Crippen LogP contribution < -0.4 is 5.73 Å². The Morgan fingerprint density at radius 1 is 1.29 bits per heavy atom. The maximum atomic E-state index is 14.6. The standard InChI is InChI=1S/C18H20F5N7O/c1-11(29-4-5-30-15(7-29)27-16(28-30)18(21,22)23)17(31,8-25-10-26-9-24)13-3-2-12(19)6-14(13)20/h2-3,6,9-11,31H,4-5,7-8H2,1H3,(H2,24,25,26)/t11-,17-/m1/s1. The molecule has 1 aliphatic rings. The van der Waals surface area contributed by atoms with E-state index in [0.29, 0.717) is 6.07 Å². The van der Waals surface area contributed by atoms with E-state index in [9.17, 15) is 27.1 Å². The second-order valence-electron chi connectivity index (χ2n) is 7.02. The van der Waals surface area contributed by atoms with Crippen molar-refractivity contribution in [1.82, 2.24) is 19.7 Å². The molecule has 3 rings (SSSR count). The molecule has 13 heteroatoms. The molecule has 8 nitrogen and oxygen atoms in total. The molecule has 1 aliphatic heterocycles. The molecular weight excluding hydrogens is 425 g/mol. The molecule has 0 unspecified atom stereocenters. The Labute approximate surface area is 173 Å². The van der Waals surface area contributed by atoms with Crippen LogP contribution in [0, 0.1) is 11.6 Å². The topological polar surface area (TPSA) is 105 Å². The average molecular weight is 445 g/mol. The Bertz CT molecular complexity index is 990. The van der Waals surface area contributed by atoms with E-state index >= 15 is 0 Å². The zero-order valence-electron chi connectivity index (χ0n) is 16.4. The molecule has 168 valence electrons. The van der Waals surface area contributed by atoms with Crippen LogP contribution in [0.3, 0.4) is 0 Å². The van der Waals surface area contributed by atoms with Gasteiger partial charge in [-0.3, -0.25) is 9.89 Å². The fourth-order valence-electron chi connectivity index (χ4n) is 3.46. The molecule has 2 heterocycles. The minimum absolute atomic E-state index is 0.0589. The van der Waals surface area contributed by atoms with Gasteiger partial charge in [0.2, 0.25) is 0 Å². The largest absolute Gasteiger partial charge is 0.453 e. The molecule has 1 aromatic carbocycles. The van der Waals surface area contributed by atoms with E-state index in [2.05, 4.69) is 20.1 Å². The Balaban J connectivity index is 1.93. The number of benzene rings is 1. The van der Waals surface area contributed by atoms with Crippen molar-refractivity contribution in [3.05, 3.63) is 47.0 Å². The molecule has 0 amide bonds. The van der Waals surface area contributed by atoms with Crippen molar-refractivity contribution in [3.63, 3.8) is 0 Å². The Morgan fingerprint density at radius 2 is 2.03 bits per heavy atom. The van der Waals surface area contributed by atoms with Crippen molar-refractivity contribution in [3.8, 4) is 0 Å². The number of alkyl halides is 3. The van der Waals surface area contributed by atoms with Gasteiger partial charge in [-0.2, -0.15) is 13.2 Å². The highest BCUT2D eigenvalue weighted by Gasteiger charge is 2.43. The first-order chi connectivity index (χ1) is 14.6. The third-order valence-corrected chi connectivity index (χ3v) is 5.15. The first-order valence-corrected chi connectivity index (χ1v) is 9.21. The maximum Gasteiger partial charge on any atom is 0.453 e. The van der Waals surface area contributed by atoms with Gasteiger partial charge in [-0.05, 0) is 13.0 Å². The quantitative estimate of drug-likeness (QED) is 0.400. The summed E-state index contributed by atoms with van der Waals surface area (Å²) < 4.78 is 67.9. The Kier molecular flexibility index (Phi) is 6.36. The predicted octanol–water partition coefficient (Wildman–Crippen LogP) is 1.68. The molecule has 0 radical (unpaired) electrons. The van der Waals surface area contributed by atoms with E-state index in [-0.39, 0.29) is 37.6 Å². The van der Waals surface area contributed by atoms with Crippen LogP contribution in [0.15, 0.2) is 28.2 Å². The maximum absolute atomic E-state index is 14.6. The molecule has 0 bridgehead atoms. The summed E-state index contributed by atoms with van der Waals surface area (Å²) in [6.07, 6.45) is -2.64. The molecule has 1 aromatic heterocycles. The molecule has 2 aromatic rings. The van der Waals surface area contributed by atoms with Gasteiger partial charge in [-0.15, -0.1) is 5.10 Å². The number of aromatic nitrogens is 3. The number of nitrogens with two attached hydrogens (primary N) is 1. The monoisotopic (exact) mass is 445 g/mol. The summed E-state index contributed by atoms with van der Waals surface area (Å²) in [6, 6.07) is 1.90. The van der Waals surface area contributed by atoms with Crippen molar-refractivity contribution in [2.75, 3.05) is 13.1 Å². The highest BCUT2D eigenvalue weighted by atomic mass is 19.4. The fraction of sp³-hybridized carbons (Fsp3) is 0.444. The zero-order chi connectivity index (χ0) is 22.8. The van der Waals surface area contributed by atoms with E-state index < -0.39 is 35.3 Å². The number of halogens is 5. The summed E-state index contributed by atoms with van der Waals surface area (Å²) in [7, 11) is 0. The lowest BCUT2D eigenvalue weighted by Crippen LogP contribution is -2.53. The molecule has 0 saturated carbocycles. The van der Waals surface area contributed by atoms with Gasteiger partial charge in [0.25, 0.3) is 5.82 Å².